The molecule has 1 aromatic rings. The number of amides is 1. The molecule has 1 aliphatic rings. The highest BCUT2D eigenvalue weighted by Crippen LogP contribution is 2.25. The molecule has 74 valence electrons. The molecule has 0 radical (unpaired) electrons. The maximum absolute atomic E-state index is 12.9. The predicted octanol–water partition coefficient (Wildman–Crippen LogP) is 2.35. The summed E-state index contributed by atoms with van der Waals surface area (Å²) >= 11 is 0. The van der Waals surface area contributed by atoms with Crippen molar-refractivity contribution >= 4 is 11.6 Å². The van der Waals surface area contributed by atoms with Gasteiger partial charge in [-0.05, 0) is 30.0 Å². The fourth-order valence-corrected chi connectivity index (χ4v) is 1.81. The van der Waals surface area contributed by atoms with E-state index < -0.39 is 0 Å². The molecule has 0 aromatic heterocycles. The molecular formula is C11H12FNO. The van der Waals surface area contributed by atoms with E-state index >= 15 is 0 Å². The zero-order valence-electron chi connectivity index (χ0n) is 8.01. The highest BCUT2D eigenvalue weighted by Gasteiger charge is 2.18. The smallest absolute Gasteiger partial charge is 0.224 e. The lowest BCUT2D eigenvalue weighted by Crippen LogP contribution is -2.11. The Hall–Kier alpha value is -1.38. The first-order valence-corrected chi connectivity index (χ1v) is 4.73. The molecule has 3 heteroatoms. The summed E-state index contributed by atoms with van der Waals surface area (Å²) in [4.78, 5) is 11.3. The second-order valence-electron chi connectivity index (χ2n) is 3.86. The lowest BCUT2D eigenvalue weighted by molar-refractivity contribution is -0.116. The highest BCUT2D eigenvalue weighted by molar-refractivity contribution is 5.92. The van der Waals surface area contributed by atoms with Gasteiger partial charge in [0.1, 0.15) is 5.82 Å². The summed E-state index contributed by atoms with van der Waals surface area (Å²) < 4.78 is 12.9. The molecule has 14 heavy (non-hydrogen) atoms. The van der Waals surface area contributed by atoms with E-state index in [1.54, 1.807) is 6.07 Å². The first-order chi connectivity index (χ1) is 6.65. The number of fused-ring (bicyclic) bond motifs is 1. The van der Waals surface area contributed by atoms with Gasteiger partial charge in [0.25, 0.3) is 0 Å². The van der Waals surface area contributed by atoms with Gasteiger partial charge in [0, 0.05) is 12.1 Å². The molecule has 0 saturated heterocycles. The van der Waals surface area contributed by atoms with E-state index in [1.165, 1.54) is 12.1 Å². The lowest BCUT2D eigenvalue weighted by Gasteiger charge is -2.06. The van der Waals surface area contributed by atoms with Gasteiger partial charge >= 0.3 is 0 Å². The van der Waals surface area contributed by atoms with Gasteiger partial charge in [0.2, 0.25) is 5.91 Å². The summed E-state index contributed by atoms with van der Waals surface area (Å²) in [5.74, 6) is -0.0119. The average Bonchev–Trinajstić information content (AvgIpc) is 2.21. The van der Waals surface area contributed by atoms with Gasteiger partial charge in [0.05, 0.1) is 0 Å². The van der Waals surface area contributed by atoms with Gasteiger partial charge in [-0.1, -0.05) is 13.0 Å². The Bertz CT molecular complexity index is 376. The van der Waals surface area contributed by atoms with Crippen LogP contribution in [0.2, 0.25) is 0 Å². The van der Waals surface area contributed by atoms with Crippen LogP contribution >= 0.6 is 0 Å². The van der Waals surface area contributed by atoms with Crippen LogP contribution in [0.25, 0.3) is 0 Å². The Morgan fingerprint density at radius 2 is 2.21 bits per heavy atom. The largest absolute Gasteiger partial charge is 0.326 e. The maximum Gasteiger partial charge on any atom is 0.224 e. The zero-order chi connectivity index (χ0) is 10.1. The predicted molar refractivity (Wildman–Crippen MR) is 52.5 cm³/mol. The number of carbonyl (C=O) groups is 1. The molecule has 0 fully saturated rings. The Balaban J connectivity index is 2.41. The summed E-state index contributed by atoms with van der Waals surface area (Å²) in [6.07, 6.45) is 1.34. The number of carbonyl (C=O) groups excluding carboxylic acids is 1. The summed E-state index contributed by atoms with van der Waals surface area (Å²) in [5, 5.41) is 2.71. The fraction of sp³-hybridized carbons (Fsp3) is 0.364. The SMILES string of the molecule is CC1CC(=O)Nc2cc(F)ccc2C1. The van der Waals surface area contributed by atoms with Crippen LogP contribution in [-0.2, 0) is 11.2 Å². The van der Waals surface area contributed by atoms with Crippen LogP contribution in [0.5, 0.6) is 0 Å². The van der Waals surface area contributed by atoms with Gasteiger partial charge in [-0.3, -0.25) is 4.79 Å². The van der Waals surface area contributed by atoms with E-state index in [0.29, 0.717) is 18.0 Å². The second kappa shape index (κ2) is 3.40. The molecular weight excluding hydrogens is 181 g/mol. The minimum absolute atomic E-state index is 0.0261. The van der Waals surface area contributed by atoms with Crippen LogP contribution in [0.4, 0.5) is 10.1 Å². The summed E-state index contributed by atoms with van der Waals surface area (Å²) in [7, 11) is 0. The van der Waals surface area contributed by atoms with Crippen LogP contribution in [0, 0.1) is 11.7 Å². The fourth-order valence-electron chi connectivity index (χ4n) is 1.81. The zero-order valence-corrected chi connectivity index (χ0v) is 8.01. The topological polar surface area (TPSA) is 29.1 Å². The molecule has 1 unspecified atom stereocenters. The molecule has 2 rings (SSSR count). The minimum Gasteiger partial charge on any atom is -0.326 e. The second-order valence-corrected chi connectivity index (χ2v) is 3.86. The van der Waals surface area contributed by atoms with Gasteiger partial charge in [0.15, 0.2) is 0 Å². The summed E-state index contributed by atoms with van der Waals surface area (Å²) in [5.41, 5.74) is 1.64. The van der Waals surface area contributed by atoms with Crippen LogP contribution < -0.4 is 5.32 Å². The van der Waals surface area contributed by atoms with Crippen molar-refractivity contribution in [1.29, 1.82) is 0 Å². The summed E-state index contributed by atoms with van der Waals surface area (Å²) in [6, 6.07) is 4.56. The van der Waals surface area contributed by atoms with Gasteiger partial charge in [-0.25, -0.2) is 4.39 Å². The van der Waals surface area contributed by atoms with Crippen molar-refractivity contribution in [3.05, 3.63) is 29.6 Å². The number of anilines is 1. The number of rotatable bonds is 0. The molecule has 1 atom stereocenters. The number of hydrogen-bond acceptors (Lipinski definition) is 1. The van der Waals surface area contributed by atoms with Crippen molar-refractivity contribution in [2.75, 3.05) is 5.32 Å². The van der Waals surface area contributed by atoms with Crippen LogP contribution in [0.3, 0.4) is 0 Å². The molecule has 1 aromatic carbocycles. The van der Waals surface area contributed by atoms with Crippen LogP contribution in [0.15, 0.2) is 18.2 Å². The van der Waals surface area contributed by atoms with Crippen molar-refractivity contribution in [3.8, 4) is 0 Å². The van der Waals surface area contributed by atoms with E-state index in [4.69, 9.17) is 0 Å². The Labute approximate surface area is 82.1 Å². The van der Waals surface area contributed by atoms with Crippen molar-refractivity contribution in [2.24, 2.45) is 5.92 Å². The molecule has 2 nitrogen and oxygen atoms in total. The third-order valence-electron chi connectivity index (χ3n) is 2.45. The molecule has 0 bridgehead atoms. The quantitative estimate of drug-likeness (QED) is 0.673. The minimum atomic E-state index is -0.307. The van der Waals surface area contributed by atoms with Gasteiger partial charge in [-0.2, -0.15) is 0 Å². The molecule has 1 heterocycles. The van der Waals surface area contributed by atoms with E-state index in [0.717, 1.165) is 12.0 Å². The third kappa shape index (κ3) is 1.76. The molecule has 0 saturated carbocycles. The van der Waals surface area contributed by atoms with Crippen molar-refractivity contribution in [3.63, 3.8) is 0 Å². The van der Waals surface area contributed by atoms with Crippen LogP contribution in [0.1, 0.15) is 18.9 Å². The summed E-state index contributed by atoms with van der Waals surface area (Å²) in [6.45, 7) is 2.03. The van der Waals surface area contributed by atoms with E-state index in [2.05, 4.69) is 5.32 Å². The molecule has 0 aliphatic carbocycles. The maximum atomic E-state index is 12.9. The van der Waals surface area contributed by atoms with E-state index in [1.807, 2.05) is 6.92 Å². The Morgan fingerprint density at radius 1 is 1.43 bits per heavy atom. The molecule has 0 spiro atoms. The standard InChI is InChI=1S/C11H12FNO/c1-7-4-8-2-3-9(12)6-10(8)13-11(14)5-7/h2-3,6-7H,4-5H2,1H3,(H,13,14). The third-order valence-corrected chi connectivity index (χ3v) is 2.45. The first kappa shape index (κ1) is 9.19. The monoisotopic (exact) mass is 193 g/mol. The van der Waals surface area contributed by atoms with Gasteiger partial charge in [-0.15, -0.1) is 0 Å². The average molecular weight is 193 g/mol. The highest BCUT2D eigenvalue weighted by atomic mass is 19.1. The number of benzene rings is 1. The van der Waals surface area contributed by atoms with Gasteiger partial charge < -0.3 is 5.32 Å². The van der Waals surface area contributed by atoms with Crippen molar-refractivity contribution < 1.29 is 9.18 Å². The van der Waals surface area contributed by atoms with Crippen molar-refractivity contribution in [2.45, 2.75) is 19.8 Å². The Kier molecular flexibility index (Phi) is 2.23. The molecule has 1 amide bonds. The number of hydrogen-bond donors (Lipinski definition) is 1. The number of halogens is 1. The van der Waals surface area contributed by atoms with E-state index in [9.17, 15) is 9.18 Å². The first-order valence-electron chi connectivity index (χ1n) is 4.73. The normalized spacial score (nSPS) is 21.0. The van der Waals surface area contributed by atoms with Crippen LogP contribution in [-0.4, -0.2) is 5.91 Å². The van der Waals surface area contributed by atoms with Crippen molar-refractivity contribution in [1.82, 2.24) is 0 Å². The number of nitrogens with one attached hydrogen (secondary N) is 1. The molecule has 1 aliphatic heterocycles. The Morgan fingerprint density at radius 3 is 3.00 bits per heavy atom. The lowest BCUT2D eigenvalue weighted by atomic mass is 9.99. The molecule has 1 N–H and O–H groups in total. The van der Waals surface area contributed by atoms with E-state index in [-0.39, 0.29) is 11.7 Å².